The van der Waals surface area contributed by atoms with E-state index in [1.54, 1.807) is 11.6 Å². The van der Waals surface area contributed by atoms with Crippen LogP contribution in [0.1, 0.15) is 55.5 Å². The number of hydrogen-bond donors (Lipinski definition) is 2. The minimum absolute atomic E-state index is 0.207. The molecule has 1 atom stereocenters. The van der Waals surface area contributed by atoms with Gasteiger partial charge < -0.3 is 20.3 Å². The average Bonchev–Trinajstić information content (AvgIpc) is 3.50. The van der Waals surface area contributed by atoms with Crippen molar-refractivity contribution in [2.24, 2.45) is 0 Å². The topological polar surface area (TPSA) is 116 Å². The summed E-state index contributed by atoms with van der Waals surface area (Å²) >= 11 is 0. The van der Waals surface area contributed by atoms with Crippen LogP contribution in [0.25, 0.3) is 16.5 Å². The fraction of sp³-hybridized carbons (Fsp3) is 0.303. The van der Waals surface area contributed by atoms with Crippen LogP contribution in [-0.2, 0) is 4.79 Å². The van der Waals surface area contributed by atoms with Crippen LogP contribution in [0.3, 0.4) is 0 Å². The largest absolute Gasteiger partial charge is 0.361 e. The SMILES string of the molecule is CN1CCCC1.CNc1ncc(C#N)c(N[C@@H](C)c2cc3cccc(C#CCCC=O)c3c(=O)n2-c2ccccc2)n1. The van der Waals surface area contributed by atoms with E-state index >= 15 is 0 Å². The zero-order chi connectivity index (χ0) is 29.9. The molecule has 4 aromatic rings. The molecular weight excluding hydrogens is 526 g/mol. The molecule has 1 aliphatic rings. The van der Waals surface area contributed by atoms with Crippen LogP contribution in [0.15, 0.2) is 65.6 Å². The van der Waals surface area contributed by atoms with Crippen molar-refractivity contribution in [3.8, 4) is 23.6 Å². The van der Waals surface area contributed by atoms with E-state index in [9.17, 15) is 14.9 Å². The molecule has 0 amide bonds. The Balaban J connectivity index is 0.000000600. The Labute approximate surface area is 246 Å². The third kappa shape index (κ3) is 7.20. The highest BCUT2D eigenvalue weighted by Crippen LogP contribution is 2.26. The number of pyridine rings is 1. The highest BCUT2D eigenvalue weighted by atomic mass is 16.1. The lowest BCUT2D eigenvalue weighted by molar-refractivity contribution is -0.107. The lowest BCUT2D eigenvalue weighted by Crippen LogP contribution is -2.26. The summed E-state index contributed by atoms with van der Waals surface area (Å²) in [5.74, 6) is 6.79. The number of carbonyl (C=O) groups is 1. The maximum atomic E-state index is 14.0. The molecule has 9 heteroatoms. The maximum absolute atomic E-state index is 14.0. The normalized spacial score (nSPS) is 13.2. The van der Waals surface area contributed by atoms with Gasteiger partial charge in [-0.05, 0) is 69.6 Å². The standard InChI is InChI=1S/C28H24N6O2.C5H11N/c1-19(32-26-22(17-29)18-31-28(30-2)33-26)24-16-21-12-9-11-20(10-5-4-8-15-35)25(21)27(36)34(24)23-13-6-3-7-14-23;1-6-4-2-3-5-6/h3,6-7,9,11-16,18-19H,4,8H2,1-2H3,(H2,30,31,32,33);2-5H2,1H3/t19-;/m0./s1. The summed E-state index contributed by atoms with van der Waals surface area (Å²) < 4.78 is 1.66. The van der Waals surface area contributed by atoms with Crippen LogP contribution in [0.4, 0.5) is 11.8 Å². The Morgan fingerprint density at radius 3 is 2.50 bits per heavy atom. The second-order valence-electron chi connectivity index (χ2n) is 10.0. The molecule has 42 heavy (non-hydrogen) atoms. The minimum atomic E-state index is -0.392. The number of para-hydroxylation sites is 1. The first-order chi connectivity index (χ1) is 20.5. The quantitative estimate of drug-likeness (QED) is 0.186. The molecule has 1 aliphatic heterocycles. The highest BCUT2D eigenvalue weighted by Gasteiger charge is 2.19. The Bertz CT molecular complexity index is 1690. The van der Waals surface area contributed by atoms with E-state index in [0.717, 1.165) is 11.7 Å². The zero-order valence-corrected chi connectivity index (χ0v) is 24.2. The third-order valence-electron chi connectivity index (χ3n) is 6.96. The summed E-state index contributed by atoms with van der Waals surface area (Å²) in [6.45, 7) is 4.55. The van der Waals surface area contributed by atoms with Gasteiger partial charge in [-0.3, -0.25) is 9.36 Å². The van der Waals surface area contributed by atoms with Crippen molar-refractivity contribution in [2.75, 3.05) is 37.8 Å². The molecular formula is C33H35N7O2. The van der Waals surface area contributed by atoms with Gasteiger partial charge in [-0.25, -0.2) is 4.98 Å². The molecule has 214 valence electrons. The first kappa shape index (κ1) is 30.0. The van der Waals surface area contributed by atoms with E-state index in [4.69, 9.17) is 0 Å². The van der Waals surface area contributed by atoms with Crippen molar-refractivity contribution in [1.82, 2.24) is 19.4 Å². The van der Waals surface area contributed by atoms with Gasteiger partial charge >= 0.3 is 0 Å². The van der Waals surface area contributed by atoms with Crippen molar-refractivity contribution >= 4 is 28.8 Å². The van der Waals surface area contributed by atoms with E-state index in [2.05, 4.69) is 50.5 Å². The van der Waals surface area contributed by atoms with Gasteiger partial charge in [0.15, 0.2) is 0 Å². The predicted molar refractivity (Wildman–Crippen MR) is 167 cm³/mol. The van der Waals surface area contributed by atoms with Crippen molar-refractivity contribution in [1.29, 1.82) is 5.26 Å². The number of fused-ring (bicyclic) bond motifs is 1. The van der Waals surface area contributed by atoms with Crippen molar-refractivity contribution in [3.63, 3.8) is 0 Å². The van der Waals surface area contributed by atoms with Gasteiger partial charge in [0.05, 0.1) is 17.6 Å². The van der Waals surface area contributed by atoms with Gasteiger partial charge in [0, 0.05) is 36.8 Å². The third-order valence-corrected chi connectivity index (χ3v) is 6.96. The molecule has 9 nitrogen and oxygen atoms in total. The first-order valence-electron chi connectivity index (χ1n) is 14.0. The van der Waals surface area contributed by atoms with E-state index in [-0.39, 0.29) is 5.56 Å². The summed E-state index contributed by atoms with van der Waals surface area (Å²) in [7, 11) is 3.87. The maximum Gasteiger partial charge on any atom is 0.264 e. The summed E-state index contributed by atoms with van der Waals surface area (Å²) in [5.41, 5.74) is 2.10. The Hall–Kier alpha value is -4.99. The summed E-state index contributed by atoms with van der Waals surface area (Å²) in [5, 5.41) is 17.0. The molecule has 2 N–H and O–H groups in total. The predicted octanol–water partition coefficient (Wildman–Crippen LogP) is 4.91. The molecule has 0 spiro atoms. The number of likely N-dealkylation sites (tertiary alicyclic amines) is 1. The van der Waals surface area contributed by atoms with Crippen LogP contribution in [0, 0.1) is 23.2 Å². The summed E-state index contributed by atoms with van der Waals surface area (Å²) in [6, 6.07) is 18.6. The van der Waals surface area contributed by atoms with Crippen molar-refractivity contribution in [3.05, 3.63) is 88.0 Å². The van der Waals surface area contributed by atoms with Crippen LogP contribution in [-0.4, -0.2) is 52.9 Å². The van der Waals surface area contributed by atoms with Crippen LogP contribution in [0.2, 0.25) is 0 Å². The second-order valence-corrected chi connectivity index (χ2v) is 10.0. The fourth-order valence-electron chi connectivity index (χ4n) is 4.79. The Morgan fingerprint density at radius 2 is 1.86 bits per heavy atom. The molecule has 0 radical (unpaired) electrons. The molecule has 0 unspecified atom stereocenters. The van der Waals surface area contributed by atoms with Gasteiger partial charge in [-0.2, -0.15) is 10.2 Å². The molecule has 2 aromatic heterocycles. The fourth-order valence-corrected chi connectivity index (χ4v) is 4.79. The molecule has 1 saturated heterocycles. The van der Waals surface area contributed by atoms with Gasteiger partial charge in [0.25, 0.3) is 5.56 Å². The van der Waals surface area contributed by atoms with Crippen molar-refractivity contribution in [2.45, 2.75) is 38.6 Å². The molecule has 0 bridgehead atoms. The van der Waals surface area contributed by atoms with Gasteiger partial charge in [0.1, 0.15) is 23.7 Å². The number of hydrogen-bond acceptors (Lipinski definition) is 8. The van der Waals surface area contributed by atoms with Crippen LogP contribution >= 0.6 is 0 Å². The monoisotopic (exact) mass is 561 g/mol. The van der Waals surface area contributed by atoms with Gasteiger partial charge in [-0.1, -0.05) is 42.2 Å². The van der Waals surface area contributed by atoms with Crippen molar-refractivity contribution < 1.29 is 4.79 Å². The Morgan fingerprint density at radius 1 is 1.10 bits per heavy atom. The van der Waals surface area contributed by atoms with Gasteiger partial charge in [0.2, 0.25) is 5.95 Å². The zero-order valence-electron chi connectivity index (χ0n) is 24.2. The van der Waals surface area contributed by atoms with E-state index in [0.29, 0.717) is 52.5 Å². The number of rotatable bonds is 7. The number of aldehydes is 1. The van der Waals surface area contributed by atoms with Gasteiger partial charge in [-0.15, -0.1) is 0 Å². The number of nitriles is 1. The lowest BCUT2D eigenvalue weighted by atomic mass is 10.0. The number of anilines is 2. The number of nitrogens with zero attached hydrogens (tertiary/aromatic N) is 5. The number of aromatic nitrogens is 3. The number of carbonyl (C=O) groups excluding carboxylic acids is 1. The molecule has 2 aromatic carbocycles. The summed E-state index contributed by atoms with van der Waals surface area (Å²) in [6.07, 6.45) is 5.89. The number of nitrogens with one attached hydrogen (secondary N) is 2. The lowest BCUT2D eigenvalue weighted by Gasteiger charge is -2.22. The summed E-state index contributed by atoms with van der Waals surface area (Å²) in [4.78, 5) is 35.5. The Kier molecular flexibility index (Phi) is 10.4. The van der Waals surface area contributed by atoms with E-state index in [1.165, 1.54) is 32.1 Å². The minimum Gasteiger partial charge on any atom is -0.361 e. The average molecular weight is 562 g/mol. The first-order valence-corrected chi connectivity index (χ1v) is 14.0. The molecule has 3 heterocycles. The van der Waals surface area contributed by atoms with Crippen LogP contribution < -0.4 is 16.2 Å². The molecule has 0 saturated carbocycles. The van der Waals surface area contributed by atoms with E-state index < -0.39 is 6.04 Å². The van der Waals surface area contributed by atoms with E-state index in [1.807, 2.05) is 61.5 Å². The smallest absolute Gasteiger partial charge is 0.264 e. The number of benzene rings is 2. The van der Waals surface area contributed by atoms with Crippen LogP contribution in [0.5, 0.6) is 0 Å². The number of unbranched alkanes of at least 4 members (excludes halogenated alkanes) is 1. The molecule has 5 rings (SSSR count). The highest BCUT2D eigenvalue weighted by molar-refractivity contribution is 5.88. The molecule has 1 fully saturated rings. The second kappa shape index (κ2) is 14.6. The molecule has 0 aliphatic carbocycles.